The predicted molar refractivity (Wildman–Crippen MR) is 105 cm³/mol. The monoisotopic (exact) mass is 398 g/mol. The number of hydrogen-bond donors (Lipinski definition) is 1. The van der Waals surface area contributed by atoms with E-state index in [1.807, 2.05) is 11.4 Å². The number of rotatable bonds is 4. The number of nitrogens with one attached hydrogen (secondary N) is 1. The van der Waals surface area contributed by atoms with E-state index in [4.69, 9.17) is 4.74 Å². The highest BCUT2D eigenvalue weighted by atomic mass is 32.1. The van der Waals surface area contributed by atoms with Gasteiger partial charge in [0.05, 0.1) is 13.2 Å². The molecule has 0 bridgehead atoms. The predicted octanol–water partition coefficient (Wildman–Crippen LogP) is 1.61. The maximum absolute atomic E-state index is 12.6. The summed E-state index contributed by atoms with van der Waals surface area (Å²) in [6.45, 7) is 2.11. The summed E-state index contributed by atoms with van der Waals surface area (Å²) >= 11 is 1.34. The van der Waals surface area contributed by atoms with Crippen LogP contribution in [0, 0.1) is 6.92 Å². The zero-order chi connectivity index (χ0) is 19.8. The maximum atomic E-state index is 12.6. The van der Waals surface area contributed by atoms with Crippen molar-refractivity contribution < 1.29 is 14.3 Å². The fourth-order valence-electron chi connectivity index (χ4n) is 3.28. The number of carbonyl (C=O) groups is 2. The molecule has 4 rings (SSSR count). The molecule has 1 fully saturated rings. The van der Waals surface area contributed by atoms with E-state index in [2.05, 4.69) is 10.3 Å². The first kappa shape index (κ1) is 18.2. The van der Waals surface area contributed by atoms with Crippen molar-refractivity contribution >= 4 is 33.8 Å². The number of carbonyl (C=O) groups excluding carboxylic acids is 2. The van der Waals surface area contributed by atoms with Gasteiger partial charge in [0, 0.05) is 42.0 Å². The van der Waals surface area contributed by atoms with Gasteiger partial charge in [-0.2, -0.15) is 0 Å². The highest BCUT2D eigenvalue weighted by Crippen LogP contribution is 2.25. The molecule has 0 aliphatic carbocycles. The van der Waals surface area contributed by atoms with Gasteiger partial charge >= 0.3 is 0 Å². The average molecular weight is 398 g/mol. The molecule has 1 saturated heterocycles. The summed E-state index contributed by atoms with van der Waals surface area (Å²) in [7, 11) is 1.56. The smallest absolute Gasteiger partial charge is 0.271 e. The molecule has 0 unspecified atom stereocenters. The van der Waals surface area contributed by atoms with Gasteiger partial charge in [0.15, 0.2) is 4.96 Å². The second-order valence-corrected chi connectivity index (χ2v) is 7.39. The van der Waals surface area contributed by atoms with Crippen molar-refractivity contribution in [2.24, 2.45) is 0 Å². The summed E-state index contributed by atoms with van der Waals surface area (Å²) in [4.78, 5) is 44.0. The average Bonchev–Trinajstić information content (AvgIpc) is 3.25. The molecule has 3 aromatic rings. The number of aromatic nitrogens is 2. The molecule has 1 aliphatic rings. The minimum atomic E-state index is -0.525. The van der Waals surface area contributed by atoms with E-state index in [0.717, 1.165) is 5.69 Å². The van der Waals surface area contributed by atoms with Gasteiger partial charge in [-0.25, -0.2) is 4.98 Å². The van der Waals surface area contributed by atoms with E-state index in [-0.39, 0.29) is 17.9 Å². The molecule has 2 aromatic heterocycles. The van der Waals surface area contributed by atoms with Crippen LogP contribution in [0.1, 0.15) is 22.5 Å². The molecule has 9 heteroatoms. The fraction of sp³-hybridized carbons (Fsp3) is 0.263. The Balaban J connectivity index is 1.53. The molecule has 144 valence electrons. The second-order valence-electron chi connectivity index (χ2n) is 6.55. The molecular formula is C19H18N4O4S. The third kappa shape index (κ3) is 3.13. The summed E-state index contributed by atoms with van der Waals surface area (Å²) in [6.07, 6.45) is 1.46. The minimum Gasteiger partial charge on any atom is -0.497 e. The van der Waals surface area contributed by atoms with Crippen LogP contribution in [0.3, 0.4) is 0 Å². The van der Waals surface area contributed by atoms with Gasteiger partial charge in [-0.1, -0.05) is 6.07 Å². The van der Waals surface area contributed by atoms with Crippen LogP contribution >= 0.6 is 11.3 Å². The summed E-state index contributed by atoms with van der Waals surface area (Å²) in [5, 5.41) is 4.60. The molecule has 0 radical (unpaired) electrons. The Bertz CT molecular complexity index is 1140. The third-order valence-electron chi connectivity index (χ3n) is 4.69. The van der Waals surface area contributed by atoms with Gasteiger partial charge in [0.2, 0.25) is 5.91 Å². The van der Waals surface area contributed by atoms with Crippen LogP contribution in [0.4, 0.5) is 5.69 Å². The summed E-state index contributed by atoms with van der Waals surface area (Å²) in [5.41, 5.74) is 0.993. The van der Waals surface area contributed by atoms with Crippen molar-refractivity contribution in [1.29, 1.82) is 0 Å². The molecule has 2 amide bonds. The van der Waals surface area contributed by atoms with Gasteiger partial charge in [-0.05, 0) is 19.1 Å². The molecular weight excluding hydrogens is 380 g/mol. The summed E-state index contributed by atoms with van der Waals surface area (Å²) in [6, 6.07) is 6.79. The first-order valence-corrected chi connectivity index (χ1v) is 9.57. The summed E-state index contributed by atoms with van der Waals surface area (Å²) < 4.78 is 6.62. The lowest BCUT2D eigenvalue weighted by Crippen LogP contribution is -2.40. The van der Waals surface area contributed by atoms with Crippen LogP contribution in [0.5, 0.6) is 5.75 Å². The van der Waals surface area contributed by atoms with Crippen molar-refractivity contribution in [2.75, 3.05) is 18.6 Å². The van der Waals surface area contributed by atoms with Crippen molar-refractivity contribution in [3.8, 4) is 5.75 Å². The molecule has 0 saturated carbocycles. The van der Waals surface area contributed by atoms with Crippen molar-refractivity contribution in [3.63, 3.8) is 0 Å². The SMILES string of the molecule is COc1cccc(N2C[C@H](NC(=O)c3cnc4scc(C)n4c3=O)CC2=O)c1. The molecule has 1 aromatic carbocycles. The molecule has 0 spiro atoms. The standard InChI is InChI=1S/C19H18N4O4S/c1-11-10-28-19-20-8-15(18(26)23(11)19)17(25)21-12-6-16(24)22(9-12)13-4-3-5-14(7-13)27-2/h3-5,7-8,10,12H,6,9H2,1-2H3,(H,21,25)/t12-/m1/s1. The Morgan fingerprint density at radius 3 is 2.96 bits per heavy atom. The number of anilines is 1. The molecule has 8 nitrogen and oxygen atoms in total. The molecule has 1 atom stereocenters. The number of aryl methyl sites for hydroxylation is 1. The van der Waals surface area contributed by atoms with Crippen LogP contribution in [-0.2, 0) is 4.79 Å². The maximum Gasteiger partial charge on any atom is 0.271 e. The van der Waals surface area contributed by atoms with E-state index >= 15 is 0 Å². The van der Waals surface area contributed by atoms with Gasteiger partial charge in [-0.3, -0.25) is 18.8 Å². The Morgan fingerprint density at radius 2 is 2.18 bits per heavy atom. The number of amides is 2. The van der Waals surface area contributed by atoms with E-state index in [1.165, 1.54) is 21.9 Å². The number of fused-ring (bicyclic) bond motifs is 1. The van der Waals surface area contributed by atoms with Gasteiger partial charge < -0.3 is 15.0 Å². The number of benzene rings is 1. The van der Waals surface area contributed by atoms with Crippen LogP contribution < -0.4 is 20.5 Å². The summed E-state index contributed by atoms with van der Waals surface area (Å²) in [5.74, 6) is 0.0247. The zero-order valence-corrected chi connectivity index (χ0v) is 16.2. The first-order valence-electron chi connectivity index (χ1n) is 8.69. The van der Waals surface area contributed by atoms with Crippen LogP contribution in [0.25, 0.3) is 4.96 Å². The Labute approximate surface area is 164 Å². The zero-order valence-electron chi connectivity index (χ0n) is 15.3. The Morgan fingerprint density at radius 1 is 1.36 bits per heavy atom. The number of nitrogens with zero attached hydrogens (tertiary/aromatic N) is 3. The van der Waals surface area contributed by atoms with E-state index in [0.29, 0.717) is 22.9 Å². The lowest BCUT2D eigenvalue weighted by molar-refractivity contribution is -0.117. The van der Waals surface area contributed by atoms with E-state index < -0.39 is 17.5 Å². The lowest BCUT2D eigenvalue weighted by atomic mass is 10.2. The van der Waals surface area contributed by atoms with Crippen LogP contribution in [-0.4, -0.2) is 40.9 Å². The molecule has 3 heterocycles. The quantitative estimate of drug-likeness (QED) is 0.721. The highest BCUT2D eigenvalue weighted by molar-refractivity contribution is 7.15. The van der Waals surface area contributed by atoms with Crippen LogP contribution in [0.2, 0.25) is 0 Å². The van der Waals surface area contributed by atoms with Crippen molar-refractivity contribution in [1.82, 2.24) is 14.7 Å². The highest BCUT2D eigenvalue weighted by Gasteiger charge is 2.32. The van der Waals surface area contributed by atoms with Crippen LogP contribution in [0.15, 0.2) is 40.6 Å². The van der Waals surface area contributed by atoms with E-state index in [9.17, 15) is 14.4 Å². The third-order valence-corrected chi connectivity index (χ3v) is 5.64. The molecule has 1 aliphatic heterocycles. The van der Waals surface area contributed by atoms with E-state index in [1.54, 1.807) is 37.1 Å². The van der Waals surface area contributed by atoms with Gasteiger partial charge in [0.25, 0.3) is 11.5 Å². The number of hydrogen-bond acceptors (Lipinski definition) is 6. The second kappa shape index (κ2) is 7.08. The Hall–Kier alpha value is -3.20. The number of ether oxygens (including phenoxy) is 1. The minimum absolute atomic E-state index is 0.0359. The number of methoxy groups -OCH3 is 1. The molecule has 1 N–H and O–H groups in total. The molecule has 28 heavy (non-hydrogen) atoms. The topological polar surface area (TPSA) is 93.0 Å². The lowest BCUT2D eigenvalue weighted by Gasteiger charge is -2.18. The van der Waals surface area contributed by atoms with Gasteiger partial charge in [-0.15, -0.1) is 11.3 Å². The first-order chi connectivity index (χ1) is 13.5. The largest absolute Gasteiger partial charge is 0.497 e. The van der Waals surface area contributed by atoms with Crippen molar-refractivity contribution in [3.05, 3.63) is 57.5 Å². The van der Waals surface area contributed by atoms with Crippen molar-refractivity contribution in [2.45, 2.75) is 19.4 Å². The number of thiazole rings is 1. The normalized spacial score (nSPS) is 16.6. The fourth-order valence-corrected chi connectivity index (χ4v) is 4.10. The van der Waals surface area contributed by atoms with Gasteiger partial charge in [0.1, 0.15) is 11.3 Å². The Kier molecular flexibility index (Phi) is 4.60.